The highest BCUT2D eigenvalue weighted by molar-refractivity contribution is 7.88. The maximum absolute atomic E-state index is 13.0. The van der Waals surface area contributed by atoms with E-state index >= 15 is 0 Å². The van der Waals surface area contributed by atoms with E-state index in [1.165, 1.54) is 42.2 Å². The van der Waals surface area contributed by atoms with Crippen LogP contribution in [0.3, 0.4) is 0 Å². The normalized spacial score (nSPS) is 20.0. The monoisotopic (exact) mass is 537 g/mol. The van der Waals surface area contributed by atoms with Gasteiger partial charge < -0.3 is 5.32 Å². The quantitative estimate of drug-likeness (QED) is 0.523. The molecule has 0 aliphatic carbocycles. The van der Waals surface area contributed by atoms with Crippen molar-refractivity contribution in [2.75, 3.05) is 26.2 Å². The van der Waals surface area contributed by atoms with E-state index in [0.717, 1.165) is 12.1 Å². The summed E-state index contributed by atoms with van der Waals surface area (Å²) in [6, 6.07) is 13.2. The molecule has 35 heavy (non-hydrogen) atoms. The van der Waals surface area contributed by atoms with Crippen molar-refractivity contribution in [2.24, 2.45) is 5.92 Å². The first-order valence-corrected chi connectivity index (χ1v) is 14.7. The van der Waals surface area contributed by atoms with Crippen molar-refractivity contribution >= 4 is 39.1 Å². The van der Waals surface area contributed by atoms with Crippen molar-refractivity contribution in [1.29, 1.82) is 0 Å². The molecule has 0 spiro atoms. The number of hydrogen-bond donors (Lipinski definition) is 1. The number of nitrogens with zero attached hydrogens (tertiary/aromatic N) is 2. The fraction of sp³-hybridized carbons (Fsp3) is 0.500. The molecule has 0 radical (unpaired) electrons. The molecule has 4 rings (SSSR count). The van der Waals surface area contributed by atoms with Crippen LogP contribution in [0, 0.1) is 5.92 Å². The van der Waals surface area contributed by atoms with E-state index in [4.69, 9.17) is 23.2 Å². The van der Waals surface area contributed by atoms with Gasteiger partial charge >= 0.3 is 0 Å². The van der Waals surface area contributed by atoms with Gasteiger partial charge in [-0.05, 0) is 67.6 Å². The minimum atomic E-state index is -3.57. The van der Waals surface area contributed by atoms with Gasteiger partial charge in [-0.2, -0.15) is 0 Å². The first-order valence-electron chi connectivity index (χ1n) is 12.3. The largest absolute Gasteiger partial charge is 0.352 e. The molecule has 1 atom stereocenters. The first kappa shape index (κ1) is 26.4. The average molecular weight is 539 g/mol. The summed E-state index contributed by atoms with van der Waals surface area (Å²) in [5, 5.41) is 3.72. The van der Waals surface area contributed by atoms with Crippen molar-refractivity contribution in [1.82, 2.24) is 14.5 Å². The van der Waals surface area contributed by atoms with Crippen LogP contribution < -0.4 is 5.32 Å². The molecule has 2 aliphatic rings. The maximum atomic E-state index is 13.0. The second-order valence-corrected chi connectivity index (χ2v) is 12.4. The van der Waals surface area contributed by atoms with Crippen LogP contribution in [-0.4, -0.2) is 49.7 Å². The van der Waals surface area contributed by atoms with E-state index < -0.39 is 10.0 Å². The average Bonchev–Trinajstić information content (AvgIpc) is 2.86. The summed E-state index contributed by atoms with van der Waals surface area (Å²) in [4.78, 5) is 15.3. The third kappa shape index (κ3) is 7.43. The predicted octanol–water partition coefficient (Wildman–Crippen LogP) is 4.84. The highest BCUT2D eigenvalue weighted by Crippen LogP contribution is 2.26. The number of sulfonamides is 1. The van der Waals surface area contributed by atoms with E-state index in [0.29, 0.717) is 41.5 Å². The first-order chi connectivity index (χ1) is 16.8. The van der Waals surface area contributed by atoms with Crippen molar-refractivity contribution < 1.29 is 13.2 Å². The van der Waals surface area contributed by atoms with Crippen LogP contribution in [0.25, 0.3) is 0 Å². The molecule has 2 heterocycles. The number of rotatable bonds is 8. The molecule has 2 saturated heterocycles. The van der Waals surface area contributed by atoms with Crippen LogP contribution >= 0.6 is 23.2 Å². The Hall–Kier alpha value is -1.64. The fourth-order valence-electron chi connectivity index (χ4n) is 4.81. The van der Waals surface area contributed by atoms with E-state index in [9.17, 15) is 13.2 Å². The zero-order valence-corrected chi connectivity index (χ0v) is 22.2. The molecule has 1 N–H and O–H groups in total. The van der Waals surface area contributed by atoms with E-state index in [1.807, 2.05) is 0 Å². The van der Waals surface area contributed by atoms with Crippen LogP contribution in [0.2, 0.25) is 10.0 Å². The minimum Gasteiger partial charge on any atom is -0.352 e. The lowest BCUT2D eigenvalue weighted by atomic mass is 9.98. The SMILES string of the molecule is O=C(NCc1ccc(CN2CCCCC2)cc1)[C@@H]1CCCN(S(=O)(=O)Cc2ccc(Cl)c(Cl)c2)C1. The van der Waals surface area contributed by atoms with Crippen molar-refractivity contribution in [2.45, 2.75) is 50.9 Å². The van der Waals surface area contributed by atoms with Gasteiger partial charge in [0.05, 0.1) is 21.7 Å². The molecule has 0 bridgehead atoms. The van der Waals surface area contributed by atoms with Gasteiger partial charge in [0, 0.05) is 26.2 Å². The molecule has 190 valence electrons. The lowest BCUT2D eigenvalue weighted by Crippen LogP contribution is -2.45. The fourth-order valence-corrected chi connectivity index (χ4v) is 6.73. The van der Waals surface area contributed by atoms with Crippen LogP contribution in [0.5, 0.6) is 0 Å². The lowest BCUT2D eigenvalue weighted by molar-refractivity contribution is -0.126. The van der Waals surface area contributed by atoms with Crippen LogP contribution in [0.15, 0.2) is 42.5 Å². The van der Waals surface area contributed by atoms with Crippen molar-refractivity contribution in [3.05, 3.63) is 69.2 Å². The number of halogens is 2. The number of amides is 1. The molecular formula is C26H33Cl2N3O3S. The standard InChI is InChI=1S/C26H33Cl2N3O3S/c27-24-11-10-22(15-25(24)28)19-35(33,34)31-14-4-5-23(18-31)26(32)29-16-20-6-8-21(9-7-20)17-30-12-2-1-3-13-30/h6-11,15,23H,1-5,12-14,16-19H2,(H,29,32)/t23-/m1/s1. The van der Waals surface area contributed by atoms with Crippen LogP contribution in [0.4, 0.5) is 0 Å². The number of likely N-dealkylation sites (tertiary alicyclic amines) is 1. The Morgan fingerprint density at radius 2 is 1.57 bits per heavy atom. The van der Waals surface area contributed by atoms with Gasteiger partial charge in [0.15, 0.2) is 0 Å². The third-order valence-corrected chi connectivity index (χ3v) is 9.38. The predicted molar refractivity (Wildman–Crippen MR) is 141 cm³/mol. The second-order valence-electron chi connectivity index (χ2n) is 9.57. The Kier molecular flexibility index (Phi) is 9.11. The second kappa shape index (κ2) is 12.1. The van der Waals surface area contributed by atoms with Gasteiger partial charge in [-0.25, -0.2) is 12.7 Å². The number of carbonyl (C=O) groups excluding carboxylic acids is 1. The van der Waals surface area contributed by atoms with Crippen LogP contribution in [-0.2, 0) is 33.7 Å². The van der Waals surface area contributed by atoms with Crippen LogP contribution in [0.1, 0.15) is 48.8 Å². The lowest BCUT2D eigenvalue weighted by Gasteiger charge is -2.31. The zero-order valence-electron chi connectivity index (χ0n) is 19.9. The Bertz CT molecular complexity index is 1120. The topological polar surface area (TPSA) is 69.7 Å². The molecule has 0 aromatic heterocycles. The highest BCUT2D eigenvalue weighted by Gasteiger charge is 2.32. The molecule has 6 nitrogen and oxygen atoms in total. The number of hydrogen-bond acceptors (Lipinski definition) is 4. The minimum absolute atomic E-state index is 0.100. The summed E-state index contributed by atoms with van der Waals surface area (Å²) in [5.41, 5.74) is 2.91. The number of carbonyl (C=O) groups is 1. The Labute approximate surface area is 218 Å². The summed E-state index contributed by atoms with van der Waals surface area (Å²) in [6.07, 6.45) is 5.22. The van der Waals surface area contributed by atoms with Gasteiger partial charge in [-0.15, -0.1) is 0 Å². The molecule has 1 amide bonds. The van der Waals surface area contributed by atoms with E-state index in [-0.39, 0.29) is 24.1 Å². The third-order valence-electron chi connectivity index (χ3n) is 6.83. The summed E-state index contributed by atoms with van der Waals surface area (Å²) >= 11 is 12.0. The summed E-state index contributed by atoms with van der Waals surface area (Å²) in [7, 11) is -3.57. The maximum Gasteiger partial charge on any atom is 0.224 e. The molecule has 2 aliphatic heterocycles. The Morgan fingerprint density at radius 3 is 2.29 bits per heavy atom. The number of benzene rings is 2. The zero-order chi connectivity index (χ0) is 24.8. The van der Waals surface area contributed by atoms with E-state index in [1.54, 1.807) is 18.2 Å². The van der Waals surface area contributed by atoms with Crippen molar-refractivity contribution in [3.8, 4) is 0 Å². The molecule has 0 saturated carbocycles. The van der Waals surface area contributed by atoms with Gasteiger partial charge in [-0.1, -0.05) is 60.0 Å². The molecule has 9 heteroatoms. The van der Waals surface area contributed by atoms with E-state index in [2.05, 4.69) is 34.5 Å². The number of piperidine rings is 2. The van der Waals surface area contributed by atoms with Gasteiger partial charge in [-0.3, -0.25) is 9.69 Å². The molecule has 2 aromatic rings. The van der Waals surface area contributed by atoms with Gasteiger partial charge in [0.1, 0.15) is 0 Å². The number of nitrogens with one attached hydrogen (secondary N) is 1. The Balaban J connectivity index is 1.28. The summed E-state index contributed by atoms with van der Waals surface area (Å²) in [5.74, 6) is -0.621. The molecule has 2 aromatic carbocycles. The highest BCUT2D eigenvalue weighted by atomic mass is 35.5. The molecule has 0 unspecified atom stereocenters. The molecule has 2 fully saturated rings. The molecular weight excluding hydrogens is 505 g/mol. The van der Waals surface area contributed by atoms with Gasteiger partial charge in [0.25, 0.3) is 0 Å². The summed E-state index contributed by atoms with van der Waals surface area (Å²) in [6.45, 7) is 4.37. The van der Waals surface area contributed by atoms with Gasteiger partial charge in [0.2, 0.25) is 15.9 Å². The van der Waals surface area contributed by atoms with Crippen molar-refractivity contribution in [3.63, 3.8) is 0 Å². The summed E-state index contributed by atoms with van der Waals surface area (Å²) < 4.78 is 27.4. The smallest absolute Gasteiger partial charge is 0.224 e. The Morgan fingerprint density at radius 1 is 0.886 bits per heavy atom.